The average molecular weight is 450 g/mol. The molecule has 0 spiro atoms. The molecule has 1 aromatic carbocycles. The maximum Gasteiger partial charge on any atom is 0.236 e. The zero-order valence-corrected chi connectivity index (χ0v) is 20.3. The van der Waals surface area contributed by atoms with Crippen LogP contribution in [0.25, 0.3) is 0 Å². The zero-order valence-electron chi connectivity index (χ0n) is 20.3. The Balaban J connectivity index is 1.75. The molecule has 2 saturated heterocycles. The summed E-state index contributed by atoms with van der Waals surface area (Å²) in [6.07, 6.45) is 4.49. The van der Waals surface area contributed by atoms with Crippen molar-refractivity contribution in [3.05, 3.63) is 65.0 Å². The van der Waals surface area contributed by atoms with Gasteiger partial charge in [-0.15, -0.1) is 0 Å². The fourth-order valence-corrected chi connectivity index (χ4v) is 5.70. The maximum absolute atomic E-state index is 14.3. The molecule has 4 rings (SSSR count). The van der Waals surface area contributed by atoms with E-state index >= 15 is 0 Å². The molecule has 33 heavy (non-hydrogen) atoms. The number of hydrogen-bond acceptors (Lipinski definition) is 4. The molecular formula is C27H35N3O3. The number of carbonyl (C=O) groups is 2. The van der Waals surface area contributed by atoms with Crippen LogP contribution in [-0.2, 0) is 25.2 Å². The first-order valence-corrected chi connectivity index (χ1v) is 11.9. The van der Waals surface area contributed by atoms with Crippen LogP contribution >= 0.6 is 0 Å². The number of piperidine rings is 1. The number of likely N-dealkylation sites (tertiary alicyclic amines) is 1. The molecule has 2 amide bonds. The molecule has 3 heterocycles. The standard InChI is InChI=1S/C27H35N3O3/c1-20-16-21(2)18-22(17-20)26(10-14-33-15-11-26)25(32)30-13-7-9-27(19-30,24(31)29(3)4)23-8-5-6-12-28-23/h5-6,8,12,16-18H,7,9-11,13-15,19H2,1-4H3/t27-/m1/s1. The Labute approximate surface area is 196 Å². The van der Waals surface area contributed by atoms with Gasteiger partial charge in [-0.25, -0.2) is 0 Å². The summed E-state index contributed by atoms with van der Waals surface area (Å²) in [5.74, 6) is 0.119. The van der Waals surface area contributed by atoms with Gasteiger partial charge in [-0.2, -0.15) is 0 Å². The van der Waals surface area contributed by atoms with E-state index in [4.69, 9.17) is 4.74 Å². The third-order valence-corrected chi connectivity index (χ3v) is 7.28. The lowest BCUT2D eigenvalue weighted by atomic mass is 9.70. The van der Waals surface area contributed by atoms with Gasteiger partial charge in [-0.05, 0) is 57.2 Å². The van der Waals surface area contributed by atoms with Crippen molar-refractivity contribution in [2.24, 2.45) is 0 Å². The Morgan fingerprint density at radius 3 is 2.30 bits per heavy atom. The third kappa shape index (κ3) is 4.29. The highest BCUT2D eigenvalue weighted by atomic mass is 16.5. The van der Waals surface area contributed by atoms with Crippen LogP contribution in [0.2, 0.25) is 0 Å². The topological polar surface area (TPSA) is 62.7 Å². The van der Waals surface area contributed by atoms with E-state index in [9.17, 15) is 9.59 Å². The van der Waals surface area contributed by atoms with Crippen LogP contribution in [0.3, 0.4) is 0 Å². The number of pyridine rings is 1. The van der Waals surface area contributed by atoms with Crippen LogP contribution in [0.5, 0.6) is 0 Å². The normalized spacial score (nSPS) is 22.6. The minimum atomic E-state index is -0.826. The number of ether oxygens (including phenoxy) is 1. The number of likely N-dealkylation sites (N-methyl/N-ethyl adjacent to an activating group) is 1. The summed E-state index contributed by atoms with van der Waals surface area (Å²) in [4.78, 5) is 36.0. The lowest BCUT2D eigenvalue weighted by Gasteiger charge is -2.46. The van der Waals surface area contributed by atoms with Crippen molar-refractivity contribution in [1.29, 1.82) is 0 Å². The lowest BCUT2D eigenvalue weighted by Crippen LogP contribution is -2.59. The SMILES string of the molecule is Cc1cc(C)cc(C2(C(=O)N3CCC[C@](C(=O)N(C)C)(c4ccccn4)C3)CCOCC2)c1. The molecule has 176 valence electrons. The molecule has 1 aromatic heterocycles. The maximum atomic E-state index is 14.3. The number of carbonyl (C=O) groups excluding carboxylic acids is 2. The van der Waals surface area contributed by atoms with Gasteiger partial charge in [-0.1, -0.05) is 35.4 Å². The summed E-state index contributed by atoms with van der Waals surface area (Å²) < 4.78 is 5.68. The molecule has 2 aromatic rings. The van der Waals surface area contributed by atoms with Crippen LogP contribution in [0.4, 0.5) is 0 Å². The van der Waals surface area contributed by atoms with Gasteiger partial charge in [0, 0.05) is 46.6 Å². The van der Waals surface area contributed by atoms with Crippen molar-refractivity contribution >= 4 is 11.8 Å². The van der Waals surface area contributed by atoms with Gasteiger partial charge in [0.05, 0.1) is 11.1 Å². The molecule has 2 aliphatic rings. The molecule has 6 heteroatoms. The van der Waals surface area contributed by atoms with E-state index < -0.39 is 10.8 Å². The molecule has 0 N–H and O–H groups in total. The van der Waals surface area contributed by atoms with E-state index in [-0.39, 0.29) is 11.8 Å². The highest BCUT2D eigenvalue weighted by Gasteiger charge is 2.51. The Morgan fingerprint density at radius 1 is 1.00 bits per heavy atom. The number of nitrogens with zero attached hydrogens (tertiary/aromatic N) is 3. The largest absolute Gasteiger partial charge is 0.381 e. The molecule has 0 bridgehead atoms. The minimum Gasteiger partial charge on any atom is -0.381 e. The van der Waals surface area contributed by atoms with Crippen LogP contribution in [-0.4, -0.2) is 67.0 Å². The van der Waals surface area contributed by atoms with Crippen molar-refractivity contribution in [1.82, 2.24) is 14.8 Å². The Hall–Kier alpha value is -2.73. The summed E-state index contributed by atoms with van der Waals surface area (Å²) in [5.41, 5.74) is 2.69. The monoisotopic (exact) mass is 449 g/mol. The number of hydrogen-bond donors (Lipinski definition) is 0. The Kier molecular flexibility index (Phi) is 6.57. The van der Waals surface area contributed by atoms with Gasteiger partial charge >= 0.3 is 0 Å². The quantitative estimate of drug-likeness (QED) is 0.718. The van der Waals surface area contributed by atoms with Crippen LogP contribution in [0.1, 0.15) is 48.1 Å². The molecule has 0 saturated carbocycles. The van der Waals surface area contributed by atoms with Gasteiger partial charge in [0.25, 0.3) is 0 Å². The van der Waals surface area contributed by atoms with E-state index in [1.54, 1.807) is 25.2 Å². The summed E-state index contributed by atoms with van der Waals surface area (Å²) >= 11 is 0. The van der Waals surface area contributed by atoms with E-state index in [0.29, 0.717) is 45.6 Å². The van der Waals surface area contributed by atoms with Gasteiger partial charge in [0.15, 0.2) is 0 Å². The second-order valence-corrected chi connectivity index (χ2v) is 9.90. The van der Waals surface area contributed by atoms with Gasteiger partial charge in [-0.3, -0.25) is 14.6 Å². The van der Waals surface area contributed by atoms with E-state index in [2.05, 4.69) is 37.0 Å². The molecular weight excluding hydrogens is 414 g/mol. The first kappa shape index (κ1) is 23.4. The average Bonchev–Trinajstić information content (AvgIpc) is 2.83. The second kappa shape index (κ2) is 9.26. The van der Waals surface area contributed by atoms with Crippen molar-refractivity contribution in [3.63, 3.8) is 0 Å². The first-order valence-electron chi connectivity index (χ1n) is 11.9. The molecule has 0 radical (unpaired) electrons. The first-order chi connectivity index (χ1) is 15.8. The minimum absolute atomic E-state index is 0.00567. The third-order valence-electron chi connectivity index (χ3n) is 7.28. The van der Waals surface area contributed by atoms with E-state index in [1.807, 2.05) is 23.1 Å². The number of aryl methyl sites for hydroxylation is 2. The summed E-state index contributed by atoms with van der Waals surface area (Å²) in [5, 5.41) is 0. The Bertz CT molecular complexity index is 994. The Morgan fingerprint density at radius 2 is 1.70 bits per heavy atom. The van der Waals surface area contributed by atoms with Gasteiger partial charge < -0.3 is 14.5 Å². The predicted molar refractivity (Wildman–Crippen MR) is 128 cm³/mol. The predicted octanol–water partition coefficient (Wildman–Crippen LogP) is 3.40. The molecule has 1 atom stereocenters. The highest BCUT2D eigenvalue weighted by molar-refractivity contribution is 5.92. The second-order valence-electron chi connectivity index (χ2n) is 9.90. The van der Waals surface area contributed by atoms with E-state index in [0.717, 1.165) is 28.8 Å². The molecule has 0 aliphatic carbocycles. The summed E-state index contributed by atoms with van der Waals surface area (Å²) in [7, 11) is 3.56. The molecule has 2 fully saturated rings. The van der Waals surface area contributed by atoms with Gasteiger partial charge in [0.2, 0.25) is 11.8 Å². The fraction of sp³-hybridized carbons (Fsp3) is 0.519. The van der Waals surface area contributed by atoms with Gasteiger partial charge in [0.1, 0.15) is 5.41 Å². The van der Waals surface area contributed by atoms with Crippen molar-refractivity contribution < 1.29 is 14.3 Å². The van der Waals surface area contributed by atoms with Crippen LogP contribution in [0.15, 0.2) is 42.6 Å². The van der Waals surface area contributed by atoms with Crippen molar-refractivity contribution in [2.75, 3.05) is 40.4 Å². The van der Waals surface area contributed by atoms with Crippen LogP contribution < -0.4 is 0 Å². The van der Waals surface area contributed by atoms with Crippen molar-refractivity contribution in [3.8, 4) is 0 Å². The summed E-state index contributed by atoms with van der Waals surface area (Å²) in [6.45, 7) is 6.30. The number of aromatic nitrogens is 1. The van der Waals surface area contributed by atoms with Crippen LogP contribution in [0, 0.1) is 13.8 Å². The number of benzene rings is 1. The molecule has 0 unspecified atom stereocenters. The molecule has 2 aliphatic heterocycles. The smallest absolute Gasteiger partial charge is 0.236 e. The lowest BCUT2D eigenvalue weighted by molar-refractivity contribution is -0.147. The number of rotatable bonds is 4. The van der Waals surface area contributed by atoms with Crippen molar-refractivity contribution in [2.45, 2.75) is 50.4 Å². The molecule has 6 nitrogen and oxygen atoms in total. The van der Waals surface area contributed by atoms with E-state index in [1.165, 1.54) is 0 Å². The highest BCUT2D eigenvalue weighted by Crippen LogP contribution is 2.41. The summed E-state index contributed by atoms with van der Waals surface area (Å²) in [6, 6.07) is 12.1. The number of amides is 2. The zero-order chi connectivity index (χ0) is 23.6. The fourth-order valence-electron chi connectivity index (χ4n) is 5.70.